The molecule has 96 valence electrons. The number of aromatic nitrogens is 2. The van der Waals surface area contributed by atoms with Crippen molar-refractivity contribution in [3.05, 3.63) is 18.2 Å². The van der Waals surface area contributed by atoms with E-state index in [-0.39, 0.29) is 5.97 Å². The summed E-state index contributed by atoms with van der Waals surface area (Å²) in [4.78, 5) is 15.8. The Morgan fingerprint density at radius 3 is 2.83 bits per heavy atom. The van der Waals surface area contributed by atoms with Gasteiger partial charge in [0.15, 0.2) is 5.69 Å². The largest absolute Gasteiger partial charge is 0.461 e. The highest BCUT2D eigenvalue weighted by atomic mass is 16.5. The van der Waals surface area contributed by atoms with E-state index in [4.69, 9.17) is 4.74 Å². The predicted molar refractivity (Wildman–Crippen MR) is 65.0 cm³/mol. The van der Waals surface area contributed by atoms with Crippen LogP contribution in [0.3, 0.4) is 0 Å². The molecular formula is C14H18N2O2. The minimum atomic E-state index is -0.301. The molecule has 1 aromatic heterocycles. The Balaban J connectivity index is 1.52. The van der Waals surface area contributed by atoms with E-state index in [2.05, 4.69) is 9.55 Å². The van der Waals surface area contributed by atoms with Crippen LogP contribution < -0.4 is 0 Å². The van der Waals surface area contributed by atoms with Gasteiger partial charge in [0, 0.05) is 12.2 Å². The molecule has 4 nitrogen and oxygen atoms in total. The Kier molecular flexibility index (Phi) is 2.11. The Morgan fingerprint density at radius 1 is 1.44 bits per heavy atom. The summed E-state index contributed by atoms with van der Waals surface area (Å²) in [5, 5.41) is 0. The molecule has 2 bridgehead atoms. The summed E-state index contributed by atoms with van der Waals surface area (Å²) in [6.45, 7) is 2.22. The van der Waals surface area contributed by atoms with E-state index < -0.39 is 0 Å². The molecule has 4 rings (SSSR count). The van der Waals surface area contributed by atoms with Gasteiger partial charge in [-0.3, -0.25) is 0 Å². The standard InChI is InChI=1S/C14H18N2O2/c1-2-18-14(17)10-6-16(7-15-10)13-11-8-3-4-9(5-8)12(11)13/h6-9,11-13H,2-5H2,1H3. The van der Waals surface area contributed by atoms with Crippen molar-refractivity contribution >= 4 is 5.97 Å². The van der Waals surface area contributed by atoms with Gasteiger partial charge in [-0.05, 0) is 49.9 Å². The van der Waals surface area contributed by atoms with E-state index in [0.717, 1.165) is 23.7 Å². The van der Waals surface area contributed by atoms with E-state index in [1.807, 2.05) is 19.4 Å². The monoisotopic (exact) mass is 246 g/mol. The number of fused-ring (bicyclic) bond motifs is 5. The lowest BCUT2D eigenvalue weighted by Crippen LogP contribution is -2.05. The summed E-state index contributed by atoms with van der Waals surface area (Å²) in [7, 11) is 0. The van der Waals surface area contributed by atoms with E-state index in [0.29, 0.717) is 18.3 Å². The summed E-state index contributed by atoms with van der Waals surface area (Å²) in [5.41, 5.74) is 0.453. The van der Waals surface area contributed by atoms with Gasteiger partial charge in [-0.15, -0.1) is 0 Å². The van der Waals surface area contributed by atoms with Crippen LogP contribution in [0.5, 0.6) is 0 Å². The first kappa shape index (κ1) is 10.6. The van der Waals surface area contributed by atoms with E-state index in [1.54, 1.807) is 0 Å². The fourth-order valence-electron chi connectivity index (χ4n) is 4.49. The number of carbonyl (C=O) groups excluding carboxylic acids is 1. The Hall–Kier alpha value is -1.32. The molecule has 4 heteroatoms. The highest BCUT2D eigenvalue weighted by Crippen LogP contribution is 2.71. The maximum atomic E-state index is 11.6. The van der Waals surface area contributed by atoms with Crippen LogP contribution in [0, 0.1) is 23.7 Å². The van der Waals surface area contributed by atoms with Crippen molar-refractivity contribution in [1.82, 2.24) is 9.55 Å². The molecule has 3 fully saturated rings. The Labute approximate surface area is 106 Å². The second kappa shape index (κ2) is 3.59. The first-order chi connectivity index (χ1) is 8.79. The topological polar surface area (TPSA) is 44.1 Å². The zero-order valence-corrected chi connectivity index (χ0v) is 10.6. The van der Waals surface area contributed by atoms with Crippen LogP contribution in [0.4, 0.5) is 0 Å². The van der Waals surface area contributed by atoms with Gasteiger partial charge < -0.3 is 9.30 Å². The van der Waals surface area contributed by atoms with Gasteiger partial charge in [0.25, 0.3) is 0 Å². The first-order valence-electron chi connectivity index (χ1n) is 7.00. The van der Waals surface area contributed by atoms with Gasteiger partial charge in [-0.25, -0.2) is 9.78 Å². The smallest absolute Gasteiger partial charge is 0.358 e. The molecule has 0 saturated heterocycles. The maximum absolute atomic E-state index is 11.6. The van der Waals surface area contributed by atoms with Crippen molar-refractivity contribution in [2.24, 2.45) is 23.7 Å². The zero-order valence-electron chi connectivity index (χ0n) is 10.6. The number of rotatable bonds is 3. The van der Waals surface area contributed by atoms with Crippen LogP contribution in [-0.4, -0.2) is 22.1 Å². The molecule has 0 radical (unpaired) electrons. The lowest BCUT2D eigenvalue weighted by atomic mass is 10.0. The predicted octanol–water partition coefficient (Wildman–Crippen LogP) is 2.28. The van der Waals surface area contributed by atoms with Gasteiger partial charge in [-0.2, -0.15) is 0 Å². The van der Waals surface area contributed by atoms with Crippen LogP contribution in [0.1, 0.15) is 42.7 Å². The SMILES string of the molecule is CCOC(=O)c1cn(C2C3C4CCC(C4)C32)cn1. The quantitative estimate of drug-likeness (QED) is 0.768. The number of hydrogen-bond donors (Lipinski definition) is 0. The van der Waals surface area contributed by atoms with E-state index in [9.17, 15) is 4.79 Å². The summed E-state index contributed by atoms with van der Waals surface area (Å²) in [6, 6.07) is 0.618. The Morgan fingerprint density at radius 2 is 2.17 bits per heavy atom. The molecule has 1 heterocycles. The highest BCUT2D eigenvalue weighted by molar-refractivity contribution is 5.86. The number of carbonyl (C=O) groups is 1. The van der Waals surface area contributed by atoms with Crippen molar-refractivity contribution in [3.63, 3.8) is 0 Å². The van der Waals surface area contributed by atoms with Crippen LogP contribution in [0.25, 0.3) is 0 Å². The molecule has 0 aromatic carbocycles. The fourth-order valence-corrected chi connectivity index (χ4v) is 4.49. The maximum Gasteiger partial charge on any atom is 0.358 e. The van der Waals surface area contributed by atoms with Crippen molar-refractivity contribution in [2.45, 2.75) is 32.2 Å². The minimum Gasteiger partial charge on any atom is -0.461 e. The number of ether oxygens (including phenoxy) is 1. The molecule has 18 heavy (non-hydrogen) atoms. The lowest BCUT2D eigenvalue weighted by Gasteiger charge is -2.08. The third-order valence-electron chi connectivity index (χ3n) is 5.13. The molecule has 0 amide bonds. The number of nitrogens with zero attached hydrogens (tertiary/aromatic N) is 2. The molecule has 0 spiro atoms. The number of hydrogen-bond acceptors (Lipinski definition) is 3. The molecule has 3 saturated carbocycles. The van der Waals surface area contributed by atoms with Gasteiger partial charge in [-0.1, -0.05) is 0 Å². The summed E-state index contributed by atoms with van der Waals surface area (Å²) < 4.78 is 7.13. The third kappa shape index (κ3) is 1.32. The average Bonchev–Trinajstić information content (AvgIpc) is 2.80. The van der Waals surface area contributed by atoms with E-state index >= 15 is 0 Å². The summed E-state index contributed by atoms with van der Waals surface area (Å²) in [6.07, 6.45) is 7.98. The second-order valence-electron chi connectivity index (χ2n) is 5.91. The van der Waals surface area contributed by atoms with Gasteiger partial charge in [0.05, 0.1) is 12.9 Å². The lowest BCUT2D eigenvalue weighted by molar-refractivity contribution is 0.0520. The van der Waals surface area contributed by atoms with Crippen LogP contribution in [-0.2, 0) is 4.74 Å². The zero-order chi connectivity index (χ0) is 12.3. The van der Waals surface area contributed by atoms with Crippen molar-refractivity contribution in [1.29, 1.82) is 0 Å². The van der Waals surface area contributed by atoms with Gasteiger partial charge in [0.1, 0.15) is 0 Å². The molecular weight excluding hydrogens is 228 g/mol. The molecule has 3 aliphatic rings. The molecule has 4 atom stereocenters. The molecule has 0 N–H and O–H groups in total. The number of esters is 1. The summed E-state index contributed by atoms with van der Waals surface area (Å²) in [5.74, 6) is 3.32. The third-order valence-corrected chi connectivity index (χ3v) is 5.13. The molecule has 1 aromatic rings. The highest BCUT2D eigenvalue weighted by Gasteiger charge is 2.65. The van der Waals surface area contributed by atoms with Crippen LogP contribution >= 0.6 is 0 Å². The van der Waals surface area contributed by atoms with Gasteiger partial charge in [0.2, 0.25) is 0 Å². The van der Waals surface area contributed by atoms with Crippen LogP contribution in [0.2, 0.25) is 0 Å². The summed E-state index contributed by atoms with van der Waals surface area (Å²) >= 11 is 0. The molecule has 4 unspecified atom stereocenters. The average molecular weight is 246 g/mol. The molecule has 3 aliphatic carbocycles. The number of imidazole rings is 1. The molecule has 0 aliphatic heterocycles. The minimum absolute atomic E-state index is 0.301. The van der Waals surface area contributed by atoms with Crippen LogP contribution in [0.15, 0.2) is 12.5 Å². The van der Waals surface area contributed by atoms with Crippen molar-refractivity contribution < 1.29 is 9.53 Å². The van der Waals surface area contributed by atoms with Crippen molar-refractivity contribution in [3.8, 4) is 0 Å². The van der Waals surface area contributed by atoms with Gasteiger partial charge >= 0.3 is 5.97 Å². The fraction of sp³-hybridized carbons (Fsp3) is 0.714. The Bertz CT molecular complexity index is 480. The van der Waals surface area contributed by atoms with E-state index in [1.165, 1.54) is 19.3 Å². The van der Waals surface area contributed by atoms with Crippen molar-refractivity contribution in [2.75, 3.05) is 6.61 Å². The normalized spacial score (nSPS) is 39.7. The second-order valence-corrected chi connectivity index (χ2v) is 5.91. The first-order valence-corrected chi connectivity index (χ1v) is 7.00.